The molecule has 120 valence electrons. The van der Waals surface area contributed by atoms with Crippen LogP contribution in [0.1, 0.15) is 40.2 Å². The first-order chi connectivity index (χ1) is 10.8. The number of hydrogen-bond donors (Lipinski definition) is 2. The van der Waals surface area contributed by atoms with E-state index in [-0.39, 0.29) is 11.3 Å². The SMILES string of the molecule is O=C(Nc1cc(O)ccc1C1CC1)c1cccc(C(F)(F)F)c1. The van der Waals surface area contributed by atoms with Crippen molar-refractivity contribution in [3.63, 3.8) is 0 Å². The summed E-state index contributed by atoms with van der Waals surface area (Å²) in [6.07, 6.45) is -2.51. The van der Waals surface area contributed by atoms with E-state index in [1.165, 1.54) is 24.3 Å². The molecule has 0 aromatic heterocycles. The largest absolute Gasteiger partial charge is 0.508 e. The number of anilines is 1. The zero-order valence-corrected chi connectivity index (χ0v) is 12.0. The minimum absolute atomic E-state index is 0.00579. The first kappa shape index (κ1) is 15.4. The number of alkyl halides is 3. The van der Waals surface area contributed by atoms with Gasteiger partial charge in [-0.2, -0.15) is 13.2 Å². The fourth-order valence-corrected chi connectivity index (χ4v) is 2.43. The van der Waals surface area contributed by atoms with E-state index in [0.717, 1.165) is 30.5 Å². The topological polar surface area (TPSA) is 49.3 Å². The van der Waals surface area contributed by atoms with Crippen LogP contribution in [-0.4, -0.2) is 11.0 Å². The van der Waals surface area contributed by atoms with Gasteiger partial charge in [-0.15, -0.1) is 0 Å². The molecule has 2 aromatic carbocycles. The van der Waals surface area contributed by atoms with Gasteiger partial charge in [-0.25, -0.2) is 0 Å². The summed E-state index contributed by atoms with van der Waals surface area (Å²) in [4.78, 5) is 12.2. The second-order valence-corrected chi connectivity index (χ2v) is 5.58. The summed E-state index contributed by atoms with van der Waals surface area (Å²) < 4.78 is 38.2. The Bertz CT molecular complexity index is 752. The van der Waals surface area contributed by atoms with Crippen molar-refractivity contribution in [2.75, 3.05) is 5.32 Å². The second-order valence-electron chi connectivity index (χ2n) is 5.58. The summed E-state index contributed by atoms with van der Waals surface area (Å²) in [7, 11) is 0. The van der Waals surface area contributed by atoms with E-state index in [2.05, 4.69) is 5.32 Å². The lowest BCUT2D eigenvalue weighted by molar-refractivity contribution is -0.137. The molecule has 0 heterocycles. The molecule has 0 atom stereocenters. The molecule has 1 amide bonds. The van der Waals surface area contributed by atoms with E-state index in [9.17, 15) is 23.1 Å². The maximum Gasteiger partial charge on any atom is 0.416 e. The van der Waals surface area contributed by atoms with E-state index >= 15 is 0 Å². The van der Waals surface area contributed by atoms with Crippen molar-refractivity contribution >= 4 is 11.6 Å². The Hall–Kier alpha value is -2.50. The van der Waals surface area contributed by atoms with Crippen LogP contribution in [0.4, 0.5) is 18.9 Å². The van der Waals surface area contributed by atoms with Crippen molar-refractivity contribution in [2.45, 2.75) is 24.9 Å². The van der Waals surface area contributed by atoms with Crippen molar-refractivity contribution in [1.82, 2.24) is 0 Å². The molecule has 2 aromatic rings. The molecule has 23 heavy (non-hydrogen) atoms. The quantitative estimate of drug-likeness (QED) is 0.872. The zero-order chi connectivity index (χ0) is 16.6. The van der Waals surface area contributed by atoms with E-state index in [1.54, 1.807) is 6.07 Å². The molecule has 2 N–H and O–H groups in total. The number of halogens is 3. The first-order valence-electron chi connectivity index (χ1n) is 7.16. The number of rotatable bonds is 3. The van der Waals surface area contributed by atoms with E-state index < -0.39 is 17.6 Å². The highest BCUT2D eigenvalue weighted by Crippen LogP contribution is 2.44. The Morgan fingerprint density at radius 1 is 1.13 bits per heavy atom. The smallest absolute Gasteiger partial charge is 0.416 e. The van der Waals surface area contributed by atoms with Crippen LogP contribution in [0.25, 0.3) is 0 Å². The number of nitrogens with one attached hydrogen (secondary N) is 1. The average molecular weight is 321 g/mol. The van der Waals surface area contributed by atoms with Gasteiger partial charge < -0.3 is 10.4 Å². The molecule has 3 rings (SSSR count). The van der Waals surface area contributed by atoms with Crippen LogP contribution in [0.2, 0.25) is 0 Å². The van der Waals surface area contributed by atoms with Crippen LogP contribution < -0.4 is 5.32 Å². The van der Waals surface area contributed by atoms with Crippen LogP contribution in [-0.2, 0) is 6.18 Å². The molecular weight excluding hydrogens is 307 g/mol. The Kier molecular flexibility index (Phi) is 3.75. The Morgan fingerprint density at radius 3 is 2.52 bits per heavy atom. The normalized spacial score (nSPS) is 14.6. The van der Waals surface area contributed by atoms with Gasteiger partial charge in [0.15, 0.2) is 0 Å². The highest BCUT2D eigenvalue weighted by molar-refractivity contribution is 6.05. The fourth-order valence-electron chi connectivity index (χ4n) is 2.43. The minimum atomic E-state index is -4.50. The number of carbonyl (C=O) groups is 1. The van der Waals surface area contributed by atoms with Crippen LogP contribution in [0.3, 0.4) is 0 Å². The van der Waals surface area contributed by atoms with Crippen molar-refractivity contribution in [1.29, 1.82) is 0 Å². The third kappa shape index (κ3) is 3.47. The molecule has 0 spiro atoms. The van der Waals surface area contributed by atoms with E-state index in [0.29, 0.717) is 11.6 Å². The summed E-state index contributed by atoms with van der Waals surface area (Å²) in [5, 5.41) is 12.2. The van der Waals surface area contributed by atoms with E-state index in [4.69, 9.17) is 0 Å². The number of phenols is 1. The molecule has 1 aliphatic rings. The Morgan fingerprint density at radius 2 is 1.87 bits per heavy atom. The molecule has 1 aliphatic carbocycles. The molecule has 0 bridgehead atoms. The lowest BCUT2D eigenvalue weighted by Crippen LogP contribution is -2.14. The number of carbonyl (C=O) groups excluding carboxylic acids is 1. The number of benzene rings is 2. The summed E-state index contributed by atoms with van der Waals surface area (Å²) in [6, 6.07) is 8.93. The maximum absolute atomic E-state index is 12.7. The fraction of sp³-hybridized carbons (Fsp3) is 0.235. The summed E-state index contributed by atoms with van der Waals surface area (Å²) in [5.74, 6) is -0.315. The van der Waals surface area contributed by atoms with Gasteiger partial charge in [0.1, 0.15) is 5.75 Å². The van der Waals surface area contributed by atoms with Gasteiger partial charge in [0.2, 0.25) is 0 Å². The third-order valence-electron chi connectivity index (χ3n) is 3.75. The van der Waals surface area contributed by atoms with Crippen molar-refractivity contribution in [3.05, 3.63) is 59.2 Å². The van der Waals surface area contributed by atoms with Crippen molar-refractivity contribution < 1.29 is 23.1 Å². The van der Waals surface area contributed by atoms with Crippen LogP contribution >= 0.6 is 0 Å². The first-order valence-corrected chi connectivity index (χ1v) is 7.16. The van der Waals surface area contributed by atoms with Gasteiger partial charge in [0, 0.05) is 17.3 Å². The van der Waals surface area contributed by atoms with Crippen LogP contribution in [0, 0.1) is 0 Å². The van der Waals surface area contributed by atoms with E-state index in [1.807, 2.05) is 0 Å². The van der Waals surface area contributed by atoms with Gasteiger partial charge in [-0.05, 0) is 48.6 Å². The molecular formula is C17H14F3NO2. The van der Waals surface area contributed by atoms with Gasteiger partial charge in [-0.1, -0.05) is 12.1 Å². The molecule has 0 saturated heterocycles. The van der Waals surface area contributed by atoms with Gasteiger partial charge in [0.25, 0.3) is 5.91 Å². The van der Waals surface area contributed by atoms with Gasteiger partial charge in [0.05, 0.1) is 5.56 Å². The zero-order valence-electron chi connectivity index (χ0n) is 12.0. The summed E-state index contributed by atoms with van der Waals surface area (Å²) in [6.45, 7) is 0. The van der Waals surface area contributed by atoms with Crippen LogP contribution in [0.15, 0.2) is 42.5 Å². The van der Waals surface area contributed by atoms with Crippen molar-refractivity contribution in [2.24, 2.45) is 0 Å². The highest BCUT2D eigenvalue weighted by atomic mass is 19.4. The predicted molar refractivity (Wildman–Crippen MR) is 79.5 cm³/mol. The monoisotopic (exact) mass is 321 g/mol. The molecule has 1 saturated carbocycles. The summed E-state index contributed by atoms with van der Waals surface area (Å²) >= 11 is 0. The Balaban J connectivity index is 1.86. The number of phenolic OH excluding ortho intramolecular Hbond substituents is 1. The van der Waals surface area contributed by atoms with Gasteiger partial charge >= 0.3 is 6.18 Å². The molecule has 0 aliphatic heterocycles. The maximum atomic E-state index is 12.7. The Labute approximate surface area is 130 Å². The molecule has 0 unspecified atom stereocenters. The third-order valence-corrected chi connectivity index (χ3v) is 3.75. The van der Waals surface area contributed by atoms with Crippen molar-refractivity contribution in [3.8, 4) is 5.75 Å². The standard InChI is InChI=1S/C17H14F3NO2/c18-17(19,20)12-3-1-2-11(8-12)16(23)21-15-9-13(22)6-7-14(15)10-4-5-10/h1-3,6-10,22H,4-5H2,(H,21,23). The molecule has 6 heteroatoms. The molecule has 3 nitrogen and oxygen atoms in total. The molecule has 1 fully saturated rings. The second kappa shape index (κ2) is 5.61. The lowest BCUT2D eigenvalue weighted by atomic mass is 10.1. The average Bonchev–Trinajstić information content (AvgIpc) is 3.31. The number of aromatic hydroxyl groups is 1. The predicted octanol–water partition coefficient (Wildman–Crippen LogP) is 4.54. The molecule has 0 radical (unpaired) electrons. The minimum Gasteiger partial charge on any atom is -0.508 e. The number of amides is 1. The van der Waals surface area contributed by atoms with Crippen LogP contribution in [0.5, 0.6) is 5.75 Å². The highest BCUT2D eigenvalue weighted by Gasteiger charge is 2.31. The number of hydrogen-bond acceptors (Lipinski definition) is 2. The summed E-state index contributed by atoms with van der Waals surface area (Å²) in [5.41, 5.74) is 0.381. The lowest BCUT2D eigenvalue weighted by Gasteiger charge is -2.12. The van der Waals surface area contributed by atoms with Gasteiger partial charge in [-0.3, -0.25) is 4.79 Å².